The van der Waals surface area contributed by atoms with Gasteiger partial charge in [-0.05, 0) is 45.0 Å². The molecule has 0 spiro atoms. The number of nitrogens with zero attached hydrogens (tertiary/aromatic N) is 3. The van der Waals surface area contributed by atoms with E-state index < -0.39 is 0 Å². The Kier molecular flexibility index (Phi) is 5.79. The molecule has 1 fully saturated rings. The summed E-state index contributed by atoms with van der Waals surface area (Å²) in [5.74, 6) is -0.222. The molecule has 1 atom stereocenters. The largest absolute Gasteiger partial charge is 0.312 e. The van der Waals surface area contributed by atoms with Crippen molar-refractivity contribution in [2.45, 2.75) is 33.4 Å². The van der Waals surface area contributed by atoms with Gasteiger partial charge >= 0.3 is 0 Å². The van der Waals surface area contributed by atoms with Gasteiger partial charge < -0.3 is 5.32 Å². The average molecular weight is 339 g/mol. The molecule has 6 heteroatoms. The summed E-state index contributed by atoms with van der Waals surface area (Å²) in [5.41, 5.74) is 4.36. The number of rotatable bonds is 3. The van der Waals surface area contributed by atoms with Crippen LogP contribution >= 0.6 is 12.4 Å². The highest BCUT2D eigenvalue weighted by atomic mass is 35.5. The van der Waals surface area contributed by atoms with Gasteiger partial charge in [0, 0.05) is 43.5 Å². The van der Waals surface area contributed by atoms with E-state index in [1.54, 1.807) is 12.1 Å². The van der Waals surface area contributed by atoms with Crippen LogP contribution < -0.4 is 5.32 Å². The average Bonchev–Trinajstić information content (AvgIpc) is 2.76. The van der Waals surface area contributed by atoms with Gasteiger partial charge in [0.2, 0.25) is 0 Å². The van der Waals surface area contributed by atoms with Gasteiger partial charge in [0.25, 0.3) is 0 Å². The van der Waals surface area contributed by atoms with Gasteiger partial charge in [0.15, 0.2) is 0 Å². The van der Waals surface area contributed by atoms with E-state index in [-0.39, 0.29) is 18.2 Å². The quantitative estimate of drug-likeness (QED) is 0.934. The molecule has 1 N–H and O–H groups in total. The van der Waals surface area contributed by atoms with Crippen molar-refractivity contribution < 1.29 is 4.39 Å². The lowest BCUT2D eigenvalue weighted by Gasteiger charge is -2.31. The number of aryl methyl sites for hydroxylation is 1. The van der Waals surface area contributed by atoms with E-state index in [2.05, 4.69) is 29.2 Å². The Bertz CT molecular complexity index is 653. The predicted molar refractivity (Wildman–Crippen MR) is 93.0 cm³/mol. The van der Waals surface area contributed by atoms with Gasteiger partial charge in [0.1, 0.15) is 5.82 Å². The Hall–Kier alpha value is -1.43. The molecule has 2 aromatic rings. The van der Waals surface area contributed by atoms with Gasteiger partial charge in [0.05, 0.1) is 11.4 Å². The molecule has 23 heavy (non-hydrogen) atoms. The molecule has 4 nitrogen and oxygen atoms in total. The number of piperazine rings is 1. The molecular formula is C17H24ClFN4. The molecule has 0 radical (unpaired) electrons. The first-order valence-corrected chi connectivity index (χ1v) is 7.81. The minimum Gasteiger partial charge on any atom is -0.312 e. The van der Waals surface area contributed by atoms with Crippen LogP contribution in [0.15, 0.2) is 24.3 Å². The molecule has 0 saturated carbocycles. The summed E-state index contributed by atoms with van der Waals surface area (Å²) >= 11 is 0. The van der Waals surface area contributed by atoms with E-state index in [0.29, 0.717) is 6.04 Å². The second-order valence-electron chi connectivity index (χ2n) is 6.13. The predicted octanol–water partition coefficient (Wildman–Crippen LogP) is 2.84. The molecule has 126 valence electrons. The number of nitrogens with one attached hydrogen (secondary N) is 1. The first-order valence-electron chi connectivity index (χ1n) is 7.81. The molecule has 0 amide bonds. The molecule has 0 bridgehead atoms. The number of aromatic nitrogens is 2. The summed E-state index contributed by atoms with van der Waals surface area (Å²) in [4.78, 5) is 2.47. The molecule has 1 unspecified atom stereocenters. The number of halogens is 2. The molecule has 1 aliphatic rings. The van der Waals surface area contributed by atoms with Crippen molar-refractivity contribution in [2.75, 3.05) is 19.6 Å². The zero-order valence-corrected chi connectivity index (χ0v) is 14.7. The van der Waals surface area contributed by atoms with Crippen LogP contribution in [0.25, 0.3) is 5.69 Å². The van der Waals surface area contributed by atoms with Crippen LogP contribution in [-0.2, 0) is 6.54 Å². The molecule has 1 saturated heterocycles. The zero-order valence-electron chi connectivity index (χ0n) is 13.8. The van der Waals surface area contributed by atoms with Crippen molar-refractivity contribution in [3.05, 3.63) is 47.0 Å². The minimum atomic E-state index is -0.222. The fraction of sp³-hybridized carbons (Fsp3) is 0.471. The first kappa shape index (κ1) is 17.9. The Labute approximate surface area is 143 Å². The lowest BCUT2D eigenvalue weighted by atomic mass is 10.1. The van der Waals surface area contributed by atoms with E-state index in [9.17, 15) is 4.39 Å². The van der Waals surface area contributed by atoms with Gasteiger partial charge in [-0.3, -0.25) is 4.90 Å². The van der Waals surface area contributed by atoms with Crippen LogP contribution in [0.1, 0.15) is 23.9 Å². The third-order valence-corrected chi connectivity index (χ3v) is 4.35. The van der Waals surface area contributed by atoms with Crippen LogP contribution in [0.3, 0.4) is 0 Å². The maximum Gasteiger partial charge on any atom is 0.123 e. The summed E-state index contributed by atoms with van der Waals surface area (Å²) in [6.45, 7) is 10.4. The van der Waals surface area contributed by atoms with E-state index >= 15 is 0 Å². The second-order valence-corrected chi connectivity index (χ2v) is 6.13. The maximum absolute atomic E-state index is 13.1. The topological polar surface area (TPSA) is 33.1 Å². The zero-order chi connectivity index (χ0) is 15.7. The summed E-state index contributed by atoms with van der Waals surface area (Å²) in [6.07, 6.45) is 0. The third-order valence-electron chi connectivity index (χ3n) is 4.35. The normalized spacial score (nSPS) is 18.7. The van der Waals surface area contributed by atoms with Gasteiger partial charge in [-0.15, -0.1) is 12.4 Å². The van der Waals surface area contributed by atoms with Crippen molar-refractivity contribution in [2.24, 2.45) is 0 Å². The lowest BCUT2D eigenvalue weighted by Crippen LogP contribution is -2.48. The van der Waals surface area contributed by atoms with Gasteiger partial charge in [-0.1, -0.05) is 0 Å². The van der Waals surface area contributed by atoms with Crippen LogP contribution in [0.4, 0.5) is 4.39 Å². The second kappa shape index (κ2) is 7.43. The van der Waals surface area contributed by atoms with Crippen molar-refractivity contribution in [3.63, 3.8) is 0 Å². The van der Waals surface area contributed by atoms with Crippen molar-refractivity contribution in [3.8, 4) is 5.69 Å². The van der Waals surface area contributed by atoms with Gasteiger partial charge in [-0.25, -0.2) is 9.07 Å². The fourth-order valence-corrected chi connectivity index (χ4v) is 3.12. The van der Waals surface area contributed by atoms with E-state index in [1.165, 1.54) is 17.7 Å². The number of hydrogen-bond acceptors (Lipinski definition) is 3. The Morgan fingerprint density at radius 3 is 2.61 bits per heavy atom. The van der Waals surface area contributed by atoms with E-state index in [4.69, 9.17) is 0 Å². The maximum atomic E-state index is 13.1. The molecule has 0 aliphatic carbocycles. The third kappa shape index (κ3) is 3.91. The summed E-state index contributed by atoms with van der Waals surface area (Å²) in [7, 11) is 0. The van der Waals surface area contributed by atoms with Gasteiger partial charge in [-0.2, -0.15) is 5.10 Å². The fourth-order valence-electron chi connectivity index (χ4n) is 3.12. The molecule has 2 heterocycles. The SMILES string of the molecule is Cc1nn(-c2ccc(F)cc2)c(C)c1CN1CCNC(C)C1.Cl. The number of benzene rings is 1. The van der Waals surface area contributed by atoms with E-state index in [0.717, 1.165) is 43.3 Å². The standard InChI is InChI=1S/C17H23FN4.ClH/c1-12-10-21(9-8-19-12)11-17-13(2)20-22(14(17)3)16-6-4-15(18)5-7-16;/h4-7,12,19H,8-11H2,1-3H3;1H. The highest BCUT2D eigenvalue weighted by molar-refractivity contribution is 5.85. The highest BCUT2D eigenvalue weighted by Gasteiger charge is 2.20. The molecule has 1 aromatic carbocycles. The lowest BCUT2D eigenvalue weighted by molar-refractivity contribution is 0.199. The summed E-state index contributed by atoms with van der Waals surface area (Å²) in [6, 6.07) is 7.02. The molecule has 1 aromatic heterocycles. The first-order chi connectivity index (χ1) is 10.5. The van der Waals surface area contributed by atoms with Crippen LogP contribution in [0, 0.1) is 19.7 Å². The monoisotopic (exact) mass is 338 g/mol. The van der Waals surface area contributed by atoms with Crippen LogP contribution in [-0.4, -0.2) is 40.4 Å². The Morgan fingerprint density at radius 2 is 1.96 bits per heavy atom. The van der Waals surface area contributed by atoms with Crippen molar-refractivity contribution in [1.29, 1.82) is 0 Å². The Morgan fingerprint density at radius 1 is 1.26 bits per heavy atom. The van der Waals surface area contributed by atoms with Crippen LogP contribution in [0.5, 0.6) is 0 Å². The van der Waals surface area contributed by atoms with E-state index in [1.807, 2.05) is 11.6 Å². The van der Waals surface area contributed by atoms with Crippen molar-refractivity contribution in [1.82, 2.24) is 20.0 Å². The summed E-state index contributed by atoms with van der Waals surface area (Å²) < 4.78 is 15.0. The van der Waals surface area contributed by atoms with Crippen molar-refractivity contribution >= 4 is 12.4 Å². The molecule has 3 rings (SSSR count). The smallest absolute Gasteiger partial charge is 0.123 e. The molecular weight excluding hydrogens is 315 g/mol. The van der Waals surface area contributed by atoms with Crippen LogP contribution in [0.2, 0.25) is 0 Å². The number of hydrogen-bond donors (Lipinski definition) is 1. The Balaban J connectivity index is 0.00000192. The molecule has 1 aliphatic heterocycles. The minimum absolute atomic E-state index is 0. The highest BCUT2D eigenvalue weighted by Crippen LogP contribution is 2.20. The summed E-state index contributed by atoms with van der Waals surface area (Å²) in [5, 5.41) is 8.11.